The summed E-state index contributed by atoms with van der Waals surface area (Å²) >= 11 is 5.27. The lowest BCUT2D eigenvalue weighted by atomic mass is 10.4. The standard InChI is InChI=1S/C7H7ClN2O/c8-5-7(11)10-6-1-3-9-4-2-6/h1-4H,5H2,(H,9,10,11). The Hall–Kier alpha value is -1.09. The number of hydrogen-bond acceptors (Lipinski definition) is 2. The van der Waals surface area contributed by atoms with E-state index in [1.807, 2.05) is 0 Å². The summed E-state index contributed by atoms with van der Waals surface area (Å²) in [5, 5.41) is 2.58. The van der Waals surface area contributed by atoms with E-state index < -0.39 is 0 Å². The highest BCUT2D eigenvalue weighted by atomic mass is 35.5. The van der Waals surface area contributed by atoms with Gasteiger partial charge in [-0.1, -0.05) is 0 Å². The Morgan fingerprint density at radius 3 is 2.73 bits per heavy atom. The van der Waals surface area contributed by atoms with E-state index in [0.29, 0.717) is 5.69 Å². The van der Waals surface area contributed by atoms with Crippen LogP contribution in [0.3, 0.4) is 0 Å². The van der Waals surface area contributed by atoms with E-state index in [9.17, 15) is 4.79 Å². The first-order valence-corrected chi connectivity index (χ1v) is 3.62. The van der Waals surface area contributed by atoms with Crippen LogP contribution in [0.5, 0.6) is 0 Å². The summed E-state index contributed by atoms with van der Waals surface area (Å²) in [6, 6.07) is 3.40. The van der Waals surface area contributed by atoms with Crippen molar-refractivity contribution in [3.63, 3.8) is 0 Å². The summed E-state index contributed by atoms with van der Waals surface area (Å²) in [6.07, 6.45) is 3.20. The molecule has 0 bridgehead atoms. The molecule has 0 aliphatic rings. The zero-order valence-electron chi connectivity index (χ0n) is 5.75. The molecule has 0 radical (unpaired) electrons. The molecule has 1 heterocycles. The van der Waals surface area contributed by atoms with Crippen LogP contribution in [0.1, 0.15) is 0 Å². The lowest BCUT2D eigenvalue weighted by Crippen LogP contribution is -2.12. The molecule has 0 aliphatic carbocycles. The predicted molar refractivity (Wildman–Crippen MR) is 43.6 cm³/mol. The highest BCUT2D eigenvalue weighted by molar-refractivity contribution is 6.29. The molecule has 0 aromatic carbocycles. The maximum atomic E-state index is 10.7. The van der Waals surface area contributed by atoms with Crippen molar-refractivity contribution in [3.05, 3.63) is 24.5 Å². The van der Waals surface area contributed by atoms with Gasteiger partial charge in [0.25, 0.3) is 0 Å². The topological polar surface area (TPSA) is 42.0 Å². The summed E-state index contributed by atoms with van der Waals surface area (Å²) in [4.78, 5) is 14.5. The quantitative estimate of drug-likeness (QED) is 0.679. The van der Waals surface area contributed by atoms with E-state index in [1.165, 1.54) is 0 Å². The smallest absolute Gasteiger partial charge is 0.239 e. The molecular weight excluding hydrogens is 164 g/mol. The van der Waals surface area contributed by atoms with E-state index in [-0.39, 0.29) is 11.8 Å². The Morgan fingerprint density at radius 1 is 1.55 bits per heavy atom. The summed E-state index contributed by atoms with van der Waals surface area (Å²) in [5.74, 6) is -0.236. The fraction of sp³-hybridized carbons (Fsp3) is 0.143. The number of nitrogens with one attached hydrogen (secondary N) is 1. The number of nitrogens with zero attached hydrogens (tertiary/aromatic N) is 1. The van der Waals surface area contributed by atoms with Gasteiger partial charge >= 0.3 is 0 Å². The second-order valence-corrected chi connectivity index (χ2v) is 2.18. The number of amides is 1. The molecule has 0 atom stereocenters. The molecule has 0 saturated heterocycles. The first-order valence-electron chi connectivity index (χ1n) is 3.09. The van der Waals surface area contributed by atoms with Crippen LogP contribution < -0.4 is 5.32 Å². The molecule has 3 nitrogen and oxygen atoms in total. The molecule has 58 valence electrons. The fourth-order valence-corrected chi connectivity index (χ4v) is 0.696. The third-order valence-corrected chi connectivity index (χ3v) is 1.33. The number of alkyl halides is 1. The second kappa shape index (κ2) is 3.93. The number of hydrogen-bond donors (Lipinski definition) is 1. The minimum Gasteiger partial charge on any atom is -0.325 e. The number of rotatable bonds is 2. The van der Waals surface area contributed by atoms with Crippen molar-refractivity contribution in [3.8, 4) is 0 Å². The van der Waals surface area contributed by atoms with Gasteiger partial charge in [0.05, 0.1) is 0 Å². The van der Waals surface area contributed by atoms with Crippen LogP contribution in [0.25, 0.3) is 0 Å². The summed E-state index contributed by atoms with van der Waals surface area (Å²) in [7, 11) is 0. The zero-order chi connectivity index (χ0) is 8.10. The van der Waals surface area contributed by atoms with Crippen LogP contribution in [0.15, 0.2) is 24.5 Å². The van der Waals surface area contributed by atoms with Gasteiger partial charge in [0.15, 0.2) is 0 Å². The summed E-state index contributed by atoms with van der Waals surface area (Å²) < 4.78 is 0. The van der Waals surface area contributed by atoms with E-state index in [0.717, 1.165) is 0 Å². The van der Waals surface area contributed by atoms with E-state index >= 15 is 0 Å². The molecular formula is C7H7ClN2O. The monoisotopic (exact) mass is 170 g/mol. The van der Waals surface area contributed by atoms with E-state index in [4.69, 9.17) is 11.6 Å². The van der Waals surface area contributed by atoms with Crippen LogP contribution in [0.2, 0.25) is 0 Å². The molecule has 0 aliphatic heterocycles. The molecule has 1 aromatic rings. The number of carbonyl (C=O) groups is 1. The minimum absolute atomic E-state index is 0.0255. The van der Waals surface area contributed by atoms with Gasteiger partial charge in [-0.15, -0.1) is 11.6 Å². The molecule has 0 saturated carbocycles. The first kappa shape index (κ1) is 8.01. The third kappa shape index (κ3) is 2.55. The highest BCUT2D eigenvalue weighted by Crippen LogP contribution is 2.02. The highest BCUT2D eigenvalue weighted by Gasteiger charge is 1.97. The molecule has 4 heteroatoms. The van der Waals surface area contributed by atoms with Gasteiger partial charge in [-0.3, -0.25) is 9.78 Å². The molecule has 11 heavy (non-hydrogen) atoms. The van der Waals surface area contributed by atoms with Crippen molar-refractivity contribution in [2.75, 3.05) is 11.2 Å². The molecule has 1 aromatic heterocycles. The average molecular weight is 171 g/mol. The SMILES string of the molecule is O=C(CCl)Nc1ccncc1. The van der Waals surface area contributed by atoms with Crippen LogP contribution in [0, 0.1) is 0 Å². The predicted octanol–water partition coefficient (Wildman–Crippen LogP) is 1.26. The Labute approximate surface area is 69.4 Å². The van der Waals surface area contributed by atoms with Gasteiger partial charge in [0.1, 0.15) is 5.88 Å². The summed E-state index contributed by atoms with van der Waals surface area (Å²) in [5.41, 5.74) is 0.714. The third-order valence-electron chi connectivity index (χ3n) is 1.09. The van der Waals surface area contributed by atoms with Gasteiger partial charge in [-0.25, -0.2) is 0 Å². The second-order valence-electron chi connectivity index (χ2n) is 1.92. The Morgan fingerprint density at radius 2 is 2.18 bits per heavy atom. The Balaban J connectivity index is 2.58. The zero-order valence-corrected chi connectivity index (χ0v) is 6.51. The molecule has 0 fully saturated rings. The number of aromatic nitrogens is 1. The fourth-order valence-electron chi connectivity index (χ4n) is 0.630. The average Bonchev–Trinajstić information content (AvgIpc) is 2.06. The number of halogens is 1. The largest absolute Gasteiger partial charge is 0.325 e. The maximum Gasteiger partial charge on any atom is 0.239 e. The number of pyridine rings is 1. The van der Waals surface area contributed by atoms with Gasteiger partial charge in [0, 0.05) is 18.1 Å². The van der Waals surface area contributed by atoms with Crippen LogP contribution in [-0.2, 0) is 4.79 Å². The Bertz CT molecular complexity index is 237. The normalized spacial score (nSPS) is 9.18. The van der Waals surface area contributed by atoms with E-state index in [1.54, 1.807) is 24.5 Å². The lowest BCUT2D eigenvalue weighted by molar-refractivity contribution is -0.113. The first-order chi connectivity index (χ1) is 5.33. The maximum absolute atomic E-state index is 10.7. The van der Waals surface area contributed by atoms with Crippen molar-refractivity contribution >= 4 is 23.2 Å². The summed E-state index contributed by atoms with van der Waals surface area (Å²) in [6.45, 7) is 0. The van der Waals surface area contributed by atoms with Crippen molar-refractivity contribution in [2.24, 2.45) is 0 Å². The molecule has 0 spiro atoms. The lowest BCUT2D eigenvalue weighted by Gasteiger charge is -1.99. The van der Waals surface area contributed by atoms with Crippen LogP contribution >= 0.6 is 11.6 Å². The molecule has 1 N–H and O–H groups in total. The van der Waals surface area contributed by atoms with Gasteiger partial charge < -0.3 is 5.32 Å². The van der Waals surface area contributed by atoms with E-state index in [2.05, 4.69) is 10.3 Å². The van der Waals surface area contributed by atoms with Crippen LogP contribution in [0.4, 0.5) is 5.69 Å². The number of anilines is 1. The number of carbonyl (C=O) groups excluding carboxylic acids is 1. The van der Waals surface area contributed by atoms with Crippen LogP contribution in [-0.4, -0.2) is 16.8 Å². The van der Waals surface area contributed by atoms with Gasteiger partial charge in [0.2, 0.25) is 5.91 Å². The van der Waals surface area contributed by atoms with Crippen molar-refractivity contribution < 1.29 is 4.79 Å². The minimum atomic E-state index is -0.210. The molecule has 1 rings (SSSR count). The molecule has 1 amide bonds. The van der Waals surface area contributed by atoms with Crippen molar-refractivity contribution in [2.45, 2.75) is 0 Å². The molecule has 0 unspecified atom stereocenters. The van der Waals surface area contributed by atoms with Crippen molar-refractivity contribution in [1.82, 2.24) is 4.98 Å². The van der Waals surface area contributed by atoms with Gasteiger partial charge in [-0.05, 0) is 12.1 Å². The van der Waals surface area contributed by atoms with Crippen molar-refractivity contribution in [1.29, 1.82) is 0 Å². The van der Waals surface area contributed by atoms with Gasteiger partial charge in [-0.2, -0.15) is 0 Å². The Kier molecular flexibility index (Phi) is 2.86.